The van der Waals surface area contributed by atoms with E-state index in [1.807, 2.05) is 0 Å². The van der Waals surface area contributed by atoms with Crippen LogP contribution in [-0.4, -0.2) is 105 Å². The van der Waals surface area contributed by atoms with Gasteiger partial charge in [-0.1, -0.05) is 63.3 Å². The average Bonchev–Trinajstić information content (AvgIpc) is 3.83. The first kappa shape index (κ1) is 49.4. The van der Waals surface area contributed by atoms with Crippen LogP contribution in [0.1, 0.15) is 65.7 Å². The third kappa shape index (κ3) is 10.6. The molecule has 0 aliphatic heterocycles. The highest BCUT2D eigenvalue weighted by Crippen LogP contribution is 2.65. The lowest BCUT2D eigenvalue weighted by Crippen LogP contribution is -2.46. The van der Waals surface area contributed by atoms with Gasteiger partial charge in [0.1, 0.15) is 5.41 Å². The number of carbonyl (C=O) groups excluding carboxylic acids is 7. The van der Waals surface area contributed by atoms with Crippen LogP contribution in [0.5, 0.6) is 0 Å². The molecule has 2 atom stereocenters. The van der Waals surface area contributed by atoms with Crippen molar-refractivity contribution in [2.24, 2.45) is 22.2 Å². The van der Waals surface area contributed by atoms with Crippen LogP contribution in [0.25, 0.3) is 0 Å². The molecule has 15 nitrogen and oxygen atoms in total. The van der Waals surface area contributed by atoms with E-state index in [4.69, 9.17) is 28.1 Å². The van der Waals surface area contributed by atoms with Crippen LogP contribution in [0.3, 0.4) is 0 Å². The molecule has 0 amide bonds. The summed E-state index contributed by atoms with van der Waals surface area (Å²) in [6.45, 7) is 14.4. The van der Waals surface area contributed by atoms with Gasteiger partial charge in [-0.25, -0.2) is 0 Å². The Morgan fingerprint density at radius 2 is 0.982 bits per heavy atom. The molecular weight excluding hydrogens is 749 g/mol. The van der Waals surface area contributed by atoms with Gasteiger partial charge in [0, 0.05) is 0 Å². The van der Waals surface area contributed by atoms with E-state index in [1.54, 1.807) is 18.2 Å². The second-order valence-electron chi connectivity index (χ2n) is 15.1. The summed E-state index contributed by atoms with van der Waals surface area (Å²) in [6.07, 6.45) is 9.87. The topological polar surface area (TPSA) is 193 Å². The second-order valence-corrected chi connectivity index (χ2v) is 19.8. The van der Waals surface area contributed by atoms with Gasteiger partial charge < -0.3 is 37.6 Å². The Balaban J connectivity index is 3.49. The third-order valence-corrected chi connectivity index (χ3v) is 15.4. The van der Waals surface area contributed by atoms with E-state index in [1.165, 1.54) is 31.4 Å². The Bertz CT molecular complexity index is 1500. The minimum absolute atomic E-state index is 0.150. The van der Waals surface area contributed by atoms with E-state index >= 15 is 0 Å². The van der Waals surface area contributed by atoms with Crippen molar-refractivity contribution in [2.75, 3.05) is 49.8 Å². The lowest BCUT2D eigenvalue weighted by Gasteiger charge is -2.40. The molecule has 0 spiro atoms. The van der Waals surface area contributed by atoms with Crippen molar-refractivity contribution in [3.05, 3.63) is 49.1 Å². The maximum atomic E-state index is 13.3. The summed E-state index contributed by atoms with van der Waals surface area (Å²) in [6, 6.07) is 0. The number of carbonyl (C=O) groups is 7. The Labute approximate surface area is 331 Å². The van der Waals surface area contributed by atoms with Crippen molar-refractivity contribution in [1.29, 1.82) is 0 Å². The zero-order valence-corrected chi connectivity index (χ0v) is 35.9. The Hall–Kier alpha value is -4.57. The first-order chi connectivity index (χ1) is 26.1. The molecule has 0 bridgehead atoms. The molecule has 0 radical (unpaired) electrons. The Kier molecular flexibility index (Phi) is 18.1. The van der Waals surface area contributed by atoms with Crippen LogP contribution in [0.4, 0.5) is 0 Å². The molecule has 16 heteroatoms. The van der Waals surface area contributed by atoms with Crippen molar-refractivity contribution in [3.63, 3.8) is 0 Å². The lowest BCUT2D eigenvalue weighted by atomic mass is 9.78. The van der Waals surface area contributed by atoms with Crippen molar-refractivity contribution >= 4 is 50.1 Å². The highest BCUT2D eigenvalue weighted by molar-refractivity contribution is 6.74. The monoisotopic (exact) mass is 808 g/mol. The molecule has 1 saturated carbocycles. The van der Waals surface area contributed by atoms with Crippen LogP contribution in [0.2, 0.25) is 18.1 Å². The zero-order valence-electron chi connectivity index (χ0n) is 34.9. The van der Waals surface area contributed by atoms with E-state index in [2.05, 4.69) is 49.9 Å². The molecule has 0 N–H and O–H groups in total. The molecule has 1 aliphatic rings. The SMILES string of the molecule is C=C[C@]1(O[Si](C)(C)C(C)(C)C)C[C@]1(C/C=C/CC(C/C=C/CC(C/C=C/CC(C(=O)OC)C(=O)OC)(C(=O)OC)C(=O)OC)(C(=O)OC)C(=O)OC)C(=O)OC. The Morgan fingerprint density at radius 1 is 0.607 bits per heavy atom. The van der Waals surface area contributed by atoms with Gasteiger partial charge in [0.2, 0.25) is 0 Å². The molecule has 0 aromatic rings. The summed E-state index contributed by atoms with van der Waals surface area (Å²) >= 11 is 0. The van der Waals surface area contributed by atoms with Gasteiger partial charge in [0.25, 0.3) is 0 Å². The molecule has 56 heavy (non-hydrogen) atoms. The minimum atomic E-state index is -2.37. The summed E-state index contributed by atoms with van der Waals surface area (Å²) < 4.78 is 41.3. The van der Waals surface area contributed by atoms with Crippen LogP contribution in [0.15, 0.2) is 49.1 Å². The number of esters is 7. The molecule has 0 unspecified atom stereocenters. The van der Waals surface area contributed by atoms with Crippen LogP contribution >= 0.6 is 0 Å². The molecule has 1 rings (SSSR count). The van der Waals surface area contributed by atoms with Gasteiger partial charge in [-0.2, -0.15) is 0 Å². The predicted molar refractivity (Wildman–Crippen MR) is 206 cm³/mol. The molecule has 0 aromatic carbocycles. The summed E-state index contributed by atoms with van der Waals surface area (Å²) in [4.78, 5) is 90.4. The van der Waals surface area contributed by atoms with Crippen molar-refractivity contribution in [3.8, 4) is 0 Å². The third-order valence-electron chi connectivity index (χ3n) is 10.9. The smallest absolute Gasteiger partial charge is 0.323 e. The number of hydrogen-bond acceptors (Lipinski definition) is 15. The molecule has 314 valence electrons. The van der Waals surface area contributed by atoms with Crippen molar-refractivity contribution in [1.82, 2.24) is 0 Å². The van der Waals surface area contributed by atoms with Gasteiger partial charge in [0.15, 0.2) is 25.1 Å². The summed E-state index contributed by atoms with van der Waals surface area (Å²) in [7, 11) is 5.60. The van der Waals surface area contributed by atoms with Gasteiger partial charge in [-0.15, -0.1) is 6.58 Å². The fourth-order valence-electron chi connectivity index (χ4n) is 6.23. The lowest BCUT2D eigenvalue weighted by molar-refractivity contribution is -0.170. The quantitative estimate of drug-likeness (QED) is 0.0459. The fourth-order valence-corrected chi connectivity index (χ4v) is 7.80. The average molecular weight is 809 g/mol. The molecular formula is C40H60O15Si. The number of hydrogen-bond donors (Lipinski definition) is 0. The number of methoxy groups -OCH3 is 7. The summed E-state index contributed by atoms with van der Waals surface area (Å²) in [5.74, 6) is -7.12. The molecule has 1 fully saturated rings. The van der Waals surface area contributed by atoms with Crippen LogP contribution in [0, 0.1) is 22.2 Å². The van der Waals surface area contributed by atoms with Gasteiger partial charge in [-0.3, -0.25) is 33.6 Å². The van der Waals surface area contributed by atoms with Crippen molar-refractivity contribution < 1.29 is 71.1 Å². The summed E-state index contributed by atoms with van der Waals surface area (Å²) in [5.41, 5.74) is -5.88. The Morgan fingerprint density at radius 3 is 1.30 bits per heavy atom. The van der Waals surface area contributed by atoms with Crippen LogP contribution in [-0.2, 0) is 71.1 Å². The normalized spacial score (nSPS) is 18.7. The molecule has 0 heterocycles. The van der Waals surface area contributed by atoms with E-state index in [9.17, 15) is 33.6 Å². The minimum Gasteiger partial charge on any atom is -0.468 e. The maximum Gasteiger partial charge on any atom is 0.323 e. The maximum absolute atomic E-state index is 13.3. The number of allylic oxidation sites excluding steroid dienone is 6. The van der Waals surface area contributed by atoms with E-state index in [0.717, 1.165) is 42.7 Å². The first-order valence-electron chi connectivity index (χ1n) is 18.0. The largest absolute Gasteiger partial charge is 0.468 e. The van der Waals surface area contributed by atoms with Gasteiger partial charge in [-0.05, 0) is 63.1 Å². The van der Waals surface area contributed by atoms with E-state index < -0.39 is 77.9 Å². The second kappa shape index (κ2) is 20.5. The summed E-state index contributed by atoms with van der Waals surface area (Å²) in [5, 5.41) is -0.150. The van der Waals surface area contributed by atoms with Gasteiger partial charge >= 0.3 is 41.8 Å². The standard InChI is InChI=1S/C40H60O15Si/c1-14-40(55-56(12,13)36(2,3)4)27-39(40,35(47)54-11)26-20-19-25-38(33(45)52-9,34(46)53-10)24-18-17-23-37(31(43)50-7,32(44)51-8)22-16-15-21-28(29(41)48-5)30(42)49-6/h14-20,28H,1,21-27H2,2-13H3/b16-15+,18-17+,20-19+/t39-,40+/m1/s1. The number of ether oxygens (including phenoxy) is 7. The van der Waals surface area contributed by atoms with E-state index in [-0.39, 0.29) is 43.6 Å². The highest BCUT2D eigenvalue weighted by Gasteiger charge is 2.73. The van der Waals surface area contributed by atoms with Crippen LogP contribution < -0.4 is 0 Å². The molecule has 1 aliphatic carbocycles. The van der Waals surface area contributed by atoms with Crippen molar-refractivity contribution in [2.45, 2.75) is 89.5 Å². The van der Waals surface area contributed by atoms with Gasteiger partial charge in [0.05, 0.1) is 55.4 Å². The first-order valence-corrected chi connectivity index (χ1v) is 20.9. The zero-order chi connectivity index (χ0) is 43.2. The highest BCUT2D eigenvalue weighted by atomic mass is 28.4. The fraction of sp³-hybridized carbons (Fsp3) is 0.625. The predicted octanol–water partition coefficient (Wildman–Crippen LogP) is 5.13. The van der Waals surface area contributed by atoms with E-state index in [0.29, 0.717) is 6.42 Å². The molecule has 0 aromatic heterocycles. The number of rotatable bonds is 22. The molecule has 0 saturated heterocycles.